The van der Waals surface area contributed by atoms with Gasteiger partial charge in [0.05, 0.1) is 0 Å². The Kier molecular flexibility index (Phi) is 9.97. The lowest BCUT2D eigenvalue weighted by Gasteiger charge is -2.03. The van der Waals surface area contributed by atoms with Crippen molar-refractivity contribution >= 4 is 17.9 Å². The normalized spacial score (nSPS) is 10.9. The zero-order valence-electron chi connectivity index (χ0n) is 12.9. The van der Waals surface area contributed by atoms with Crippen molar-refractivity contribution in [2.45, 2.75) is 32.2 Å². The van der Waals surface area contributed by atoms with Gasteiger partial charge in [-0.05, 0) is 31.5 Å². The number of nitrogens with two attached hydrogens (primary N) is 2. The lowest BCUT2D eigenvalue weighted by molar-refractivity contribution is -0.139. The lowest BCUT2D eigenvalue weighted by atomic mass is 10.1. The van der Waals surface area contributed by atoms with Gasteiger partial charge < -0.3 is 26.4 Å². The van der Waals surface area contributed by atoms with E-state index in [1.165, 1.54) is 12.1 Å². The van der Waals surface area contributed by atoms with Crippen molar-refractivity contribution in [1.82, 2.24) is 0 Å². The van der Waals surface area contributed by atoms with E-state index in [9.17, 15) is 19.5 Å². The van der Waals surface area contributed by atoms with E-state index in [0.29, 0.717) is 13.0 Å². The Morgan fingerprint density at radius 2 is 1.83 bits per heavy atom. The zero-order valence-corrected chi connectivity index (χ0v) is 12.9. The summed E-state index contributed by atoms with van der Waals surface area (Å²) in [6.07, 6.45) is 2.16. The molecular weight excluding hydrogens is 304 g/mol. The number of rotatable bonds is 6. The largest absolute Gasteiger partial charge is 0.507 e. The molecule has 1 aromatic carbocycles. The van der Waals surface area contributed by atoms with Crippen LogP contribution in [0.1, 0.15) is 36.5 Å². The second-order valence-electron chi connectivity index (χ2n) is 4.63. The van der Waals surface area contributed by atoms with E-state index in [4.69, 9.17) is 16.6 Å². The Balaban J connectivity index is 0.000000438. The van der Waals surface area contributed by atoms with Gasteiger partial charge in [-0.3, -0.25) is 9.59 Å². The predicted molar refractivity (Wildman–Crippen MR) is 82.7 cm³/mol. The highest BCUT2D eigenvalue weighted by molar-refractivity contribution is 5.98. The molecule has 0 aliphatic rings. The van der Waals surface area contributed by atoms with Crippen molar-refractivity contribution in [3.8, 4) is 5.75 Å². The fourth-order valence-corrected chi connectivity index (χ4v) is 1.46. The summed E-state index contributed by atoms with van der Waals surface area (Å²) in [5.41, 5.74) is 10.4. The van der Waals surface area contributed by atoms with Gasteiger partial charge in [0.25, 0.3) is 0 Å². The van der Waals surface area contributed by atoms with Crippen LogP contribution in [0.3, 0.4) is 0 Å². The Morgan fingerprint density at radius 1 is 1.22 bits per heavy atom. The minimum atomic E-state index is -0.933. The van der Waals surface area contributed by atoms with Crippen LogP contribution >= 0.6 is 0 Å². The predicted octanol–water partition coefficient (Wildman–Crippen LogP) is 0.623. The fraction of sp³-hybridized carbons (Fsp3) is 0.400. The average molecular weight is 326 g/mol. The number of hydrogen-bond acceptors (Lipinski definition) is 7. The van der Waals surface area contributed by atoms with Crippen LogP contribution in [0, 0.1) is 0 Å². The minimum Gasteiger partial charge on any atom is -0.507 e. The van der Waals surface area contributed by atoms with E-state index in [1.807, 2.05) is 0 Å². The third-order valence-electron chi connectivity index (χ3n) is 2.65. The molecule has 1 unspecified atom stereocenters. The topological polar surface area (TPSA) is 153 Å². The van der Waals surface area contributed by atoms with E-state index < -0.39 is 23.9 Å². The quantitative estimate of drug-likeness (QED) is 0.337. The molecule has 23 heavy (non-hydrogen) atoms. The molecule has 0 aliphatic heterocycles. The van der Waals surface area contributed by atoms with Crippen molar-refractivity contribution in [3.63, 3.8) is 0 Å². The molecule has 1 rings (SSSR count). The van der Waals surface area contributed by atoms with Crippen molar-refractivity contribution in [3.05, 3.63) is 29.8 Å². The molecular formula is C15H22N2O6. The molecule has 0 aromatic heterocycles. The number of para-hydroxylation sites is 1. The average Bonchev–Trinajstić information content (AvgIpc) is 2.47. The van der Waals surface area contributed by atoms with Gasteiger partial charge in [0.15, 0.2) is 0 Å². The van der Waals surface area contributed by atoms with Crippen LogP contribution in [0.4, 0.5) is 0 Å². The number of esters is 2. The molecule has 0 spiro atoms. The van der Waals surface area contributed by atoms with Gasteiger partial charge in [-0.1, -0.05) is 18.6 Å². The molecule has 0 heterocycles. The first kappa shape index (κ1) is 20.6. The molecule has 6 N–H and O–H groups in total. The smallest absolute Gasteiger partial charge is 0.349 e. The lowest BCUT2D eigenvalue weighted by Crippen LogP contribution is -2.29. The van der Waals surface area contributed by atoms with E-state index in [1.54, 1.807) is 12.1 Å². The minimum absolute atomic E-state index is 0.0160. The van der Waals surface area contributed by atoms with Gasteiger partial charge in [-0.25, -0.2) is 4.79 Å². The summed E-state index contributed by atoms with van der Waals surface area (Å²) in [6, 6.07) is 5.14. The number of phenolic OH excluding ortho intramolecular Hbond substituents is 1. The number of unbranched alkanes of at least 4 members (excludes halogenated alkanes) is 1. The first-order chi connectivity index (χ1) is 10.8. The second kappa shape index (κ2) is 11.2. The first-order valence-electron chi connectivity index (χ1n) is 6.98. The Bertz CT molecular complexity index is 532. The number of aromatic hydroxyl groups is 1. The van der Waals surface area contributed by atoms with Gasteiger partial charge in [0, 0.05) is 6.92 Å². The van der Waals surface area contributed by atoms with Crippen LogP contribution in [-0.4, -0.2) is 40.7 Å². The highest BCUT2D eigenvalue weighted by atomic mass is 16.6. The summed E-state index contributed by atoms with van der Waals surface area (Å²) in [4.78, 5) is 31.6. The summed E-state index contributed by atoms with van der Waals surface area (Å²) in [5, 5.41) is 17.5. The van der Waals surface area contributed by atoms with E-state index in [0.717, 1.165) is 19.8 Å². The molecule has 128 valence electrons. The van der Waals surface area contributed by atoms with Gasteiger partial charge in [-0.15, -0.1) is 0 Å². The molecule has 0 saturated heterocycles. The van der Waals surface area contributed by atoms with Gasteiger partial charge >= 0.3 is 17.9 Å². The number of carboxylic acid groups (broad SMARTS) is 1. The molecule has 0 amide bonds. The fourth-order valence-electron chi connectivity index (χ4n) is 1.46. The van der Waals surface area contributed by atoms with Crippen molar-refractivity contribution in [2.75, 3.05) is 6.54 Å². The number of carbonyl (C=O) groups excluding carboxylic acids is 2. The van der Waals surface area contributed by atoms with Crippen molar-refractivity contribution in [2.24, 2.45) is 11.5 Å². The Hall–Kier alpha value is -2.45. The van der Waals surface area contributed by atoms with Gasteiger partial charge in [0.1, 0.15) is 17.4 Å². The molecule has 1 aromatic rings. The summed E-state index contributed by atoms with van der Waals surface area (Å²) < 4.78 is 4.28. The zero-order chi connectivity index (χ0) is 17.8. The number of benzene rings is 1. The molecule has 8 nitrogen and oxygen atoms in total. The first-order valence-corrected chi connectivity index (χ1v) is 6.98. The van der Waals surface area contributed by atoms with Crippen molar-refractivity contribution in [1.29, 1.82) is 0 Å². The van der Waals surface area contributed by atoms with Crippen LogP contribution in [0.2, 0.25) is 0 Å². The van der Waals surface area contributed by atoms with Crippen LogP contribution in [0.5, 0.6) is 5.75 Å². The number of hydrogen-bond donors (Lipinski definition) is 4. The third-order valence-corrected chi connectivity index (χ3v) is 2.65. The summed E-state index contributed by atoms with van der Waals surface area (Å²) in [6.45, 7) is 1.73. The summed E-state index contributed by atoms with van der Waals surface area (Å²) in [7, 11) is 0. The third kappa shape index (κ3) is 9.22. The van der Waals surface area contributed by atoms with E-state index in [-0.39, 0.29) is 11.3 Å². The SMILES string of the molecule is CC(=O)OC(=O)c1ccccc1O.NCCCCC(N)C(=O)O. The Labute approximate surface area is 134 Å². The maximum Gasteiger partial charge on any atom is 0.349 e. The number of carbonyl (C=O) groups is 3. The van der Waals surface area contributed by atoms with Crippen molar-refractivity contribution < 1.29 is 29.3 Å². The van der Waals surface area contributed by atoms with Gasteiger partial charge in [0.2, 0.25) is 0 Å². The second-order valence-corrected chi connectivity index (χ2v) is 4.63. The highest BCUT2D eigenvalue weighted by Gasteiger charge is 2.13. The van der Waals surface area contributed by atoms with Crippen LogP contribution < -0.4 is 11.5 Å². The van der Waals surface area contributed by atoms with E-state index >= 15 is 0 Å². The highest BCUT2D eigenvalue weighted by Crippen LogP contribution is 2.16. The molecule has 0 aliphatic carbocycles. The molecule has 8 heteroatoms. The van der Waals surface area contributed by atoms with Gasteiger partial charge in [-0.2, -0.15) is 0 Å². The number of phenols is 1. The van der Waals surface area contributed by atoms with Crippen LogP contribution in [0.25, 0.3) is 0 Å². The summed E-state index contributed by atoms with van der Waals surface area (Å²) in [5.74, 6) is -2.68. The molecule has 0 radical (unpaired) electrons. The monoisotopic (exact) mass is 326 g/mol. The Morgan fingerprint density at radius 3 is 2.30 bits per heavy atom. The number of ether oxygens (including phenoxy) is 1. The number of carboxylic acids is 1. The molecule has 0 fully saturated rings. The standard InChI is InChI=1S/C9H8O4.C6H14N2O2/c1-6(10)13-9(12)7-4-2-3-5-8(7)11;7-4-2-1-3-5(8)6(9)10/h2-5,11H,1H3;5H,1-4,7-8H2,(H,9,10). The molecule has 0 bridgehead atoms. The van der Waals surface area contributed by atoms with E-state index in [2.05, 4.69) is 4.74 Å². The van der Waals surface area contributed by atoms with Crippen LogP contribution in [-0.2, 0) is 14.3 Å². The van der Waals surface area contributed by atoms with Crippen LogP contribution in [0.15, 0.2) is 24.3 Å². The maximum atomic E-state index is 11.1. The summed E-state index contributed by atoms with van der Waals surface area (Å²) >= 11 is 0. The number of aliphatic carboxylic acids is 1. The maximum absolute atomic E-state index is 11.1. The molecule has 0 saturated carbocycles. The molecule has 1 atom stereocenters.